The first-order valence-electron chi connectivity index (χ1n) is 8.89. The van der Waals surface area contributed by atoms with Crippen LogP contribution in [0.3, 0.4) is 0 Å². The average Bonchev–Trinajstić information content (AvgIpc) is 3.29. The van der Waals surface area contributed by atoms with Crippen LogP contribution in [0.5, 0.6) is 0 Å². The van der Waals surface area contributed by atoms with Crippen molar-refractivity contribution in [3.8, 4) is 11.3 Å². The molecule has 0 amide bonds. The zero-order valence-electron chi connectivity index (χ0n) is 14.3. The molecule has 2 aromatic carbocycles. The molecule has 3 aromatic rings. The molecule has 1 heterocycles. The maximum Gasteiger partial charge on any atom is 0.270 e. The number of rotatable bonds is 3. The number of fused-ring (bicyclic) bond motifs is 7. The van der Waals surface area contributed by atoms with Crippen molar-refractivity contribution >= 4 is 22.3 Å². The Labute approximate surface area is 154 Å². The Morgan fingerprint density at radius 3 is 2.33 bits per heavy atom. The summed E-state index contributed by atoms with van der Waals surface area (Å²) in [6, 6.07) is 11.3. The maximum atomic E-state index is 11.2. The van der Waals surface area contributed by atoms with E-state index in [-0.39, 0.29) is 16.3 Å². The average molecular weight is 361 g/mol. The molecule has 1 aromatic heterocycles. The lowest BCUT2D eigenvalue weighted by Crippen LogP contribution is -2.05. The minimum atomic E-state index is -0.402. The van der Waals surface area contributed by atoms with Crippen LogP contribution >= 0.6 is 0 Å². The van der Waals surface area contributed by atoms with Gasteiger partial charge in [-0.2, -0.15) is 0 Å². The highest BCUT2D eigenvalue weighted by molar-refractivity contribution is 5.91. The van der Waals surface area contributed by atoms with Crippen molar-refractivity contribution in [3.63, 3.8) is 0 Å². The van der Waals surface area contributed by atoms with Crippen molar-refractivity contribution in [2.45, 2.75) is 31.1 Å². The van der Waals surface area contributed by atoms with Crippen LogP contribution in [0, 0.1) is 20.2 Å². The topological polar surface area (TPSA) is 99.2 Å². The molecule has 0 aliphatic heterocycles. The fourth-order valence-corrected chi connectivity index (χ4v) is 4.75. The number of nitrogens with zero attached hydrogens (tertiary/aromatic N) is 3. The first kappa shape index (κ1) is 15.9. The molecule has 2 atom stereocenters. The Morgan fingerprint density at radius 1 is 0.889 bits per heavy atom. The third-order valence-electron chi connectivity index (χ3n) is 5.84. The van der Waals surface area contributed by atoms with Crippen molar-refractivity contribution in [1.29, 1.82) is 0 Å². The minimum Gasteiger partial charge on any atom is -0.258 e. The summed E-state index contributed by atoms with van der Waals surface area (Å²) in [7, 11) is 0. The van der Waals surface area contributed by atoms with E-state index in [0.29, 0.717) is 17.4 Å². The highest BCUT2D eigenvalue weighted by Gasteiger charge is 2.41. The van der Waals surface area contributed by atoms with Gasteiger partial charge in [-0.05, 0) is 48.3 Å². The Kier molecular flexibility index (Phi) is 3.28. The van der Waals surface area contributed by atoms with Gasteiger partial charge in [0.05, 0.1) is 21.1 Å². The Balaban J connectivity index is 1.81. The Hall–Kier alpha value is -3.35. The second-order valence-electron chi connectivity index (χ2n) is 7.26. The molecule has 5 rings (SSSR count). The largest absolute Gasteiger partial charge is 0.270 e. The summed E-state index contributed by atoms with van der Waals surface area (Å²) in [5, 5.41) is 23.2. The monoisotopic (exact) mass is 361 g/mol. The van der Waals surface area contributed by atoms with Crippen LogP contribution in [0.1, 0.15) is 42.2 Å². The first-order chi connectivity index (χ1) is 13.0. The van der Waals surface area contributed by atoms with Gasteiger partial charge in [0.2, 0.25) is 0 Å². The molecule has 7 heteroatoms. The summed E-state index contributed by atoms with van der Waals surface area (Å²) < 4.78 is 0. The molecule has 0 saturated heterocycles. The summed E-state index contributed by atoms with van der Waals surface area (Å²) >= 11 is 0. The molecule has 0 spiro atoms. The minimum absolute atomic E-state index is 0.0370. The van der Waals surface area contributed by atoms with Crippen molar-refractivity contribution in [1.82, 2.24) is 4.98 Å². The molecule has 134 valence electrons. The number of benzene rings is 2. The van der Waals surface area contributed by atoms with Gasteiger partial charge in [0.1, 0.15) is 0 Å². The predicted octanol–water partition coefficient (Wildman–Crippen LogP) is 5.08. The van der Waals surface area contributed by atoms with Gasteiger partial charge in [-0.25, -0.2) is 4.98 Å². The van der Waals surface area contributed by atoms with Crippen molar-refractivity contribution in [2.24, 2.45) is 0 Å². The van der Waals surface area contributed by atoms with E-state index in [4.69, 9.17) is 4.98 Å². The van der Waals surface area contributed by atoms with E-state index in [1.807, 2.05) is 6.07 Å². The number of nitro groups is 2. The lowest BCUT2D eigenvalue weighted by molar-refractivity contribution is -0.384. The standard InChI is InChI=1S/C20H15N3O4/c24-22(25)14-3-1-2-13(9-14)20-19-12-5-4-11(8-12)18(19)16-10-15(23(26)27)6-7-17(16)21-20/h1-3,6-7,9-12H,4-5,8H2/t11-,12?/m1/s1. The molecule has 2 aliphatic rings. The van der Waals surface area contributed by atoms with Gasteiger partial charge in [0.15, 0.2) is 0 Å². The van der Waals surface area contributed by atoms with Crippen LogP contribution in [0.15, 0.2) is 42.5 Å². The summed E-state index contributed by atoms with van der Waals surface area (Å²) in [5.74, 6) is 0.755. The molecule has 27 heavy (non-hydrogen) atoms. The first-order valence-corrected chi connectivity index (χ1v) is 8.89. The molecule has 1 fully saturated rings. The molecular formula is C20H15N3O4. The van der Waals surface area contributed by atoms with Gasteiger partial charge >= 0.3 is 0 Å². The van der Waals surface area contributed by atoms with Crippen LogP contribution in [0.4, 0.5) is 11.4 Å². The highest BCUT2D eigenvalue weighted by atomic mass is 16.6. The Bertz CT molecular complexity index is 1140. The van der Waals surface area contributed by atoms with Gasteiger partial charge in [-0.1, -0.05) is 12.1 Å². The van der Waals surface area contributed by atoms with E-state index in [1.54, 1.807) is 24.3 Å². The quantitative estimate of drug-likeness (QED) is 0.478. The fourth-order valence-electron chi connectivity index (χ4n) is 4.75. The van der Waals surface area contributed by atoms with Crippen LogP contribution in [0.25, 0.3) is 22.2 Å². The molecule has 0 radical (unpaired) electrons. The van der Waals surface area contributed by atoms with E-state index in [2.05, 4.69) is 0 Å². The maximum absolute atomic E-state index is 11.2. The predicted molar refractivity (Wildman–Crippen MR) is 99.8 cm³/mol. The van der Waals surface area contributed by atoms with Gasteiger partial charge in [-0.15, -0.1) is 0 Å². The lowest BCUT2D eigenvalue weighted by atomic mass is 9.86. The number of pyridine rings is 1. The number of nitro benzene ring substituents is 2. The van der Waals surface area contributed by atoms with Crippen LogP contribution in [-0.4, -0.2) is 14.8 Å². The zero-order valence-corrected chi connectivity index (χ0v) is 14.3. The lowest BCUT2D eigenvalue weighted by Gasteiger charge is -2.20. The van der Waals surface area contributed by atoms with Crippen LogP contribution < -0.4 is 0 Å². The van der Waals surface area contributed by atoms with E-state index >= 15 is 0 Å². The van der Waals surface area contributed by atoms with Crippen LogP contribution in [-0.2, 0) is 0 Å². The molecule has 2 aliphatic carbocycles. The third kappa shape index (κ3) is 2.31. The molecule has 2 bridgehead atoms. The second-order valence-corrected chi connectivity index (χ2v) is 7.26. The summed E-state index contributed by atoms with van der Waals surface area (Å²) in [5.41, 5.74) is 4.59. The summed E-state index contributed by atoms with van der Waals surface area (Å²) in [6.45, 7) is 0. The number of aromatic nitrogens is 1. The third-order valence-corrected chi connectivity index (χ3v) is 5.84. The van der Waals surface area contributed by atoms with Crippen molar-refractivity contribution < 1.29 is 9.85 Å². The molecule has 1 saturated carbocycles. The number of hydrogen-bond acceptors (Lipinski definition) is 5. The van der Waals surface area contributed by atoms with E-state index in [9.17, 15) is 20.2 Å². The smallest absolute Gasteiger partial charge is 0.258 e. The van der Waals surface area contributed by atoms with Gasteiger partial charge < -0.3 is 0 Å². The van der Waals surface area contributed by atoms with Gasteiger partial charge in [0, 0.05) is 35.2 Å². The Morgan fingerprint density at radius 2 is 1.59 bits per heavy atom. The number of non-ortho nitro benzene ring substituents is 2. The second kappa shape index (κ2) is 5.57. The highest BCUT2D eigenvalue weighted by Crippen LogP contribution is 2.57. The molecule has 0 N–H and O–H groups in total. The molecular weight excluding hydrogens is 346 g/mol. The molecule has 7 nitrogen and oxygen atoms in total. The molecule has 1 unspecified atom stereocenters. The van der Waals surface area contributed by atoms with E-state index in [1.165, 1.54) is 12.1 Å². The summed E-state index contributed by atoms with van der Waals surface area (Å²) in [6.07, 6.45) is 3.18. The normalized spacial score (nSPS) is 20.0. The fraction of sp³-hybridized carbons (Fsp3) is 0.250. The number of hydrogen-bond donors (Lipinski definition) is 0. The van der Waals surface area contributed by atoms with E-state index < -0.39 is 4.92 Å². The van der Waals surface area contributed by atoms with Crippen LogP contribution in [0.2, 0.25) is 0 Å². The SMILES string of the molecule is O=[N+]([O-])c1cccc(-c2nc3ccc([N+](=O)[O-])cc3c3c2C2CC[C@@H]3C2)c1. The van der Waals surface area contributed by atoms with Gasteiger partial charge in [-0.3, -0.25) is 20.2 Å². The van der Waals surface area contributed by atoms with Gasteiger partial charge in [0.25, 0.3) is 11.4 Å². The summed E-state index contributed by atoms with van der Waals surface area (Å²) in [4.78, 5) is 26.4. The van der Waals surface area contributed by atoms with Crippen molar-refractivity contribution in [2.75, 3.05) is 0 Å². The zero-order chi connectivity index (χ0) is 18.7. The van der Waals surface area contributed by atoms with Crippen molar-refractivity contribution in [3.05, 3.63) is 73.8 Å². The van der Waals surface area contributed by atoms with E-state index in [0.717, 1.165) is 47.0 Å².